The third-order valence-electron chi connectivity index (χ3n) is 5.34. The van der Waals surface area contributed by atoms with Gasteiger partial charge in [-0.25, -0.2) is 4.98 Å². The Bertz CT molecular complexity index is 990. The van der Waals surface area contributed by atoms with Crippen LogP contribution in [0.15, 0.2) is 48.9 Å². The van der Waals surface area contributed by atoms with E-state index in [-0.39, 0.29) is 5.91 Å². The van der Waals surface area contributed by atoms with E-state index in [1.807, 2.05) is 41.0 Å². The molecule has 1 atom stereocenters. The molecule has 1 aromatic heterocycles. The number of carbonyl (C=O) groups is 1. The highest BCUT2D eigenvalue weighted by Gasteiger charge is 2.39. The van der Waals surface area contributed by atoms with E-state index < -0.39 is 5.60 Å². The number of rotatable bonds is 3. The second-order valence-corrected chi connectivity index (χ2v) is 7.11. The molecule has 2 heterocycles. The summed E-state index contributed by atoms with van der Waals surface area (Å²) in [5.41, 5.74) is 1.40. The third-order valence-corrected chi connectivity index (χ3v) is 5.34. The Balaban J connectivity index is 1.51. The zero-order valence-corrected chi connectivity index (χ0v) is 13.8. The first kappa shape index (κ1) is 14.7. The molecule has 126 valence electrons. The molecule has 3 aromatic rings. The number of benzene rings is 2. The van der Waals surface area contributed by atoms with Gasteiger partial charge in [-0.1, -0.05) is 18.2 Å². The minimum absolute atomic E-state index is 0.00759. The Hall–Kier alpha value is -2.66. The molecule has 2 aromatic carbocycles. The fraction of sp³-hybridized carbons (Fsp3) is 0.300. The summed E-state index contributed by atoms with van der Waals surface area (Å²) in [6, 6.07) is 12.0. The molecule has 1 aliphatic carbocycles. The maximum absolute atomic E-state index is 12.2. The summed E-state index contributed by atoms with van der Waals surface area (Å²) < 4.78 is 2.00. The number of amides is 1. The minimum atomic E-state index is -0.993. The highest BCUT2D eigenvalue weighted by atomic mass is 16.3. The average Bonchev–Trinajstić information content (AvgIpc) is 3.20. The van der Waals surface area contributed by atoms with Gasteiger partial charge in [-0.05, 0) is 47.4 Å². The first-order valence-corrected chi connectivity index (χ1v) is 8.72. The maximum atomic E-state index is 12.2. The number of hydrogen-bond acceptors (Lipinski definition) is 3. The Morgan fingerprint density at radius 2 is 2.00 bits per heavy atom. The van der Waals surface area contributed by atoms with Gasteiger partial charge in [0.2, 0.25) is 0 Å². The molecule has 1 saturated carbocycles. The lowest BCUT2D eigenvalue weighted by atomic mass is 9.88. The van der Waals surface area contributed by atoms with Crippen LogP contribution < -0.4 is 5.32 Å². The van der Waals surface area contributed by atoms with Crippen LogP contribution in [0.4, 0.5) is 0 Å². The number of fused-ring (bicyclic) bond motifs is 2. The van der Waals surface area contributed by atoms with Gasteiger partial charge in [0.15, 0.2) is 0 Å². The van der Waals surface area contributed by atoms with Crippen LogP contribution >= 0.6 is 0 Å². The number of aromatic nitrogens is 2. The molecule has 1 amide bonds. The van der Waals surface area contributed by atoms with Crippen molar-refractivity contribution in [3.8, 4) is 0 Å². The predicted molar refractivity (Wildman–Crippen MR) is 94.3 cm³/mol. The summed E-state index contributed by atoms with van der Waals surface area (Å²) in [5, 5.41) is 16.2. The Kier molecular flexibility index (Phi) is 3.03. The number of nitrogens with zero attached hydrogens (tertiary/aromatic N) is 2. The van der Waals surface area contributed by atoms with Crippen LogP contribution in [0.25, 0.3) is 10.8 Å². The highest BCUT2D eigenvalue weighted by molar-refractivity contribution is 5.99. The molecular formula is C20H19N3O2. The fourth-order valence-corrected chi connectivity index (χ4v) is 3.69. The molecule has 0 spiro atoms. The first-order chi connectivity index (χ1) is 12.1. The lowest BCUT2D eigenvalue weighted by Crippen LogP contribution is -2.25. The minimum Gasteiger partial charge on any atom is -0.379 e. The Morgan fingerprint density at radius 1 is 1.20 bits per heavy atom. The normalized spacial score (nSPS) is 22.1. The molecule has 0 radical (unpaired) electrons. The topological polar surface area (TPSA) is 67.2 Å². The number of hydrogen-bond donors (Lipinski definition) is 2. The van der Waals surface area contributed by atoms with Crippen LogP contribution in [0.3, 0.4) is 0 Å². The molecule has 1 aliphatic heterocycles. The molecule has 0 bridgehead atoms. The summed E-state index contributed by atoms with van der Waals surface area (Å²) in [6.45, 7) is 0.768. The third kappa shape index (κ3) is 2.35. The van der Waals surface area contributed by atoms with Gasteiger partial charge in [0.1, 0.15) is 5.60 Å². The largest absolute Gasteiger partial charge is 0.379 e. The molecule has 2 N–H and O–H groups in total. The van der Waals surface area contributed by atoms with Crippen LogP contribution in [0.1, 0.15) is 40.9 Å². The zero-order valence-electron chi connectivity index (χ0n) is 13.8. The molecule has 0 unspecified atom stereocenters. The van der Waals surface area contributed by atoms with Crippen LogP contribution in [0.2, 0.25) is 0 Å². The molecule has 0 saturated heterocycles. The summed E-state index contributed by atoms with van der Waals surface area (Å²) in [5.74, 6) is -0.00759. The molecular weight excluding hydrogens is 314 g/mol. The summed E-state index contributed by atoms with van der Waals surface area (Å²) >= 11 is 0. The van der Waals surface area contributed by atoms with E-state index in [1.165, 1.54) is 0 Å². The summed E-state index contributed by atoms with van der Waals surface area (Å²) in [6.07, 6.45) is 6.32. The quantitative estimate of drug-likeness (QED) is 0.774. The molecule has 5 rings (SSSR count). The monoisotopic (exact) mass is 333 g/mol. The van der Waals surface area contributed by atoms with E-state index >= 15 is 0 Å². The lowest BCUT2D eigenvalue weighted by Gasteiger charge is -2.23. The van der Waals surface area contributed by atoms with Crippen molar-refractivity contribution in [1.29, 1.82) is 0 Å². The van der Waals surface area contributed by atoms with Gasteiger partial charge in [-0.2, -0.15) is 0 Å². The Labute approximate surface area is 145 Å². The second kappa shape index (κ2) is 5.17. The smallest absolute Gasteiger partial charge is 0.251 e. The fourth-order valence-electron chi connectivity index (χ4n) is 3.69. The number of aliphatic hydroxyl groups is 1. The number of imidazole rings is 1. The van der Waals surface area contributed by atoms with Crippen LogP contribution in [0, 0.1) is 0 Å². The summed E-state index contributed by atoms with van der Waals surface area (Å²) in [7, 11) is 0. The molecule has 1 fully saturated rings. The second-order valence-electron chi connectivity index (χ2n) is 7.11. The van der Waals surface area contributed by atoms with Crippen molar-refractivity contribution >= 4 is 16.7 Å². The van der Waals surface area contributed by atoms with E-state index in [1.54, 1.807) is 12.5 Å². The SMILES string of the molecule is O=C(NC1CC1)c1ccc2cc([C@]3(O)CCn4cncc43)ccc2c1. The van der Waals surface area contributed by atoms with E-state index in [4.69, 9.17) is 0 Å². The van der Waals surface area contributed by atoms with Crippen molar-refractivity contribution in [2.75, 3.05) is 0 Å². The molecule has 25 heavy (non-hydrogen) atoms. The van der Waals surface area contributed by atoms with Gasteiger partial charge >= 0.3 is 0 Å². The van der Waals surface area contributed by atoms with Crippen molar-refractivity contribution in [3.05, 3.63) is 65.7 Å². The average molecular weight is 333 g/mol. The van der Waals surface area contributed by atoms with E-state index in [0.717, 1.165) is 41.4 Å². The van der Waals surface area contributed by atoms with Crippen molar-refractivity contribution in [2.45, 2.75) is 37.5 Å². The van der Waals surface area contributed by atoms with E-state index in [0.29, 0.717) is 18.0 Å². The number of aryl methyl sites for hydroxylation is 1. The summed E-state index contributed by atoms with van der Waals surface area (Å²) in [4.78, 5) is 16.4. The first-order valence-electron chi connectivity index (χ1n) is 8.72. The van der Waals surface area contributed by atoms with E-state index in [9.17, 15) is 9.90 Å². The maximum Gasteiger partial charge on any atom is 0.251 e. The van der Waals surface area contributed by atoms with Gasteiger partial charge in [0, 0.05) is 24.6 Å². The predicted octanol–water partition coefficient (Wildman–Crippen LogP) is 2.57. The zero-order chi connectivity index (χ0) is 17.0. The van der Waals surface area contributed by atoms with Crippen LogP contribution in [-0.4, -0.2) is 26.6 Å². The number of nitrogens with one attached hydrogen (secondary N) is 1. The van der Waals surface area contributed by atoms with Gasteiger partial charge in [-0.3, -0.25) is 4.79 Å². The Morgan fingerprint density at radius 3 is 2.84 bits per heavy atom. The molecule has 5 heteroatoms. The van der Waals surface area contributed by atoms with Crippen LogP contribution in [0.5, 0.6) is 0 Å². The standard InChI is InChI=1S/C20H19N3O2/c24-19(22-17-5-6-17)15-2-1-14-10-16(4-3-13(14)9-15)20(25)7-8-23-12-21-11-18(20)23/h1-4,9-12,17,25H,5-8H2,(H,22,24)/t20-/m1/s1. The van der Waals surface area contributed by atoms with Crippen molar-refractivity contribution < 1.29 is 9.90 Å². The van der Waals surface area contributed by atoms with Gasteiger partial charge in [-0.15, -0.1) is 0 Å². The van der Waals surface area contributed by atoms with Crippen molar-refractivity contribution in [1.82, 2.24) is 14.9 Å². The van der Waals surface area contributed by atoms with Crippen molar-refractivity contribution in [3.63, 3.8) is 0 Å². The molecule has 5 nitrogen and oxygen atoms in total. The van der Waals surface area contributed by atoms with Crippen molar-refractivity contribution in [2.24, 2.45) is 0 Å². The van der Waals surface area contributed by atoms with Gasteiger partial charge < -0.3 is 15.0 Å². The molecule has 2 aliphatic rings. The number of carbonyl (C=O) groups excluding carboxylic acids is 1. The lowest BCUT2D eigenvalue weighted by molar-refractivity contribution is 0.0826. The van der Waals surface area contributed by atoms with E-state index in [2.05, 4.69) is 10.3 Å². The van der Waals surface area contributed by atoms with Gasteiger partial charge in [0.25, 0.3) is 5.91 Å². The van der Waals surface area contributed by atoms with Gasteiger partial charge in [0.05, 0.1) is 18.2 Å². The van der Waals surface area contributed by atoms with Crippen LogP contribution in [-0.2, 0) is 12.1 Å². The highest BCUT2D eigenvalue weighted by Crippen LogP contribution is 2.39.